The van der Waals surface area contributed by atoms with Crippen molar-refractivity contribution in [2.45, 2.75) is 6.42 Å². The minimum Gasteiger partial charge on any atom is -0.314 e. The summed E-state index contributed by atoms with van der Waals surface area (Å²) in [6, 6.07) is 8.16. The molecule has 1 saturated heterocycles. The van der Waals surface area contributed by atoms with E-state index in [4.69, 9.17) is 11.6 Å². The molecule has 1 aromatic rings. The van der Waals surface area contributed by atoms with Gasteiger partial charge in [-0.2, -0.15) is 0 Å². The number of halogens is 3. The van der Waals surface area contributed by atoms with Crippen molar-refractivity contribution >= 4 is 36.4 Å². The van der Waals surface area contributed by atoms with Gasteiger partial charge in [-0.05, 0) is 24.1 Å². The standard InChI is InChI=1S/C12H17ClN2.2ClH/c13-12-3-1-2-11(10-12)4-7-15-8-5-14-6-9-15;;/h1-3,10,14H,4-9H2;2*1H. The Bertz CT molecular complexity index is 314. The first kappa shape index (κ1) is 17.0. The number of nitrogens with zero attached hydrogens (tertiary/aromatic N) is 1. The maximum Gasteiger partial charge on any atom is 0.0408 e. The Morgan fingerprint density at radius 2 is 1.88 bits per heavy atom. The van der Waals surface area contributed by atoms with Crippen molar-refractivity contribution in [3.05, 3.63) is 34.9 Å². The zero-order valence-corrected chi connectivity index (χ0v) is 12.1. The third kappa shape index (κ3) is 5.94. The van der Waals surface area contributed by atoms with Crippen LogP contribution in [0.15, 0.2) is 24.3 Å². The second kappa shape index (κ2) is 9.01. The molecule has 1 aliphatic heterocycles. The third-order valence-electron chi connectivity index (χ3n) is 2.82. The summed E-state index contributed by atoms with van der Waals surface area (Å²) in [5, 5.41) is 4.20. The monoisotopic (exact) mass is 296 g/mol. The molecule has 0 radical (unpaired) electrons. The second-order valence-corrected chi connectivity index (χ2v) is 4.41. The number of piperazine rings is 1. The fourth-order valence-corrected chi connectivity index (χ4v) is 2.13. The van der Waals surface area contributed by atoms with Crippen LogP contribution in [-0.4, -0.2) is 37.6 Å². The number of hydrogen-bond donors (Lipinski definition) is 1. The third-order valence-corrected chi connectivity index (χ3v) is 3.05. The zero-order chi connectivity index (χ0) is 10.5. The molecule has 5 heteroatoms. The zero-order valence-electron chi connectivity index (χ0n) is 9.69. The van der Waals surface area contributed by atoms with Crippen LogP contribution in [0, 0.1) is 0 Å². The molecule has 0 saturated carbocycles. The Labute approximate surface area is 121 Å². The summed E-state index contributed by atoms with van der Waals surface area (Å²) in [7, 11) is 0. The molecule has 0 spiro atoms. The largest absolute Gasteiger partial charge is 0.314 e. The van der Waals surface area contributed by atoms with Crippen LogP contribution in [0.1, 0.15) is 5.56 Å². The molecule has 0 atom stereocenters. The maximum atomic E-state index is 5.94. The summed E-state index contributed by atoms with van der Waals surface area (Å²) in [6.07, 6.45) is 1.10. The van der Waals surface area contributed by atoms with E-state index >= 15 is 0 Å². The van der Waals surface area contributed by atoms with Crippen molar-refractivity contribution in [1.82, 2.24) is 10.2 Å². The molecule has 17 heavy (non-hydrogen) atoms. The Hall–Kier alpha value is 0.01000. The molecule has 1 aromatic carbocycles. The molecule has 0 aromatic heterocycles. The van der Waals surface area contributed by atoms with Crippen LogP contribution in [0.5, 0.6) is 0 Å². The van der Waals surface area contributed by atoms with Gasteiger partial charge in [-0.15, -0.1) is 24.8 Å². The van der Waals surface area contributed by atoms with Gasteiger partial charge < -0.3 is 10.2 Å². The first-order valence-corrected chi connectivity index (χ1v) is 5.90. The Morgan fingerprint density at radius 1 is 1.18 bits per heavy atom. The highest BCUT2D eigenvalue weighted by molar-refractivity contribution is 6.30. The summed E-state index contributed by atoms with van der Waals surface area (Å²) in [6.45, 7) is 5.72. The van der Waals surface area contributed by atoms with Crippen LogP contribution in [0.25, 0.3) is 0 Å². The lowest BCUT2D eigenvalue weighted by Crippen LogP contribution is -2.44. The van der Waals surface area contributed by atoms with Crippen LogP contribution in [0.3, 0.4) is 0 Å². The quantitative estimate of drug-likeness (QED) is 0.923. The van der Waals surface area contributed by atoms with E-state index in [9.17, 15) is 0 Å². The molecule has 1 N–H and O–H groups in total. The van der Waals surface area contributed by atoms with Crippen molar-refractivity contribution < 1.29 is 0 Å². The molecule has 1 aliphatic rings. The minimum absolute atomic E-state index is 0. The maximum absolute atomic E-state index is 5.94. The van der Waals surface area contributed by atoms with Gasteiger partial charge in [0.05, 0.1) is 0 Å². The average Bonchev–Trinajstić information content (AvgIpc) is 2.28. The van der Waals surface area contributed by atoms with Crippen molar-refractivity contribution in [2.24, 2.45) is 0 Å². The van der Waals surface area contributed by atoms with E-state index in [0.29, 0.717) is 0 Å². The van der Waals surface area contributed by atoms with Crippen molar-refractivity contribution in [2.75, 3.05) is 32.7 Å². The molecule has 98 valence electrons. The highest BCUT2D eigenvalue weighted by atomic mass is 35.5. The smallest absolute Gasteiger partial charge is 0.0408 e. The molecule has 0 aliphatic carbocycles. The van der Waals surface area contributed by atoms with E-state index in [1.54, 1.807) is 0 Å². The molecule has 0 amide bonds. The van der Waals surface area contributed by atoms with Crippen LogP contribution < -0.4 is 5.32 Å². The van der Waals surface area contributed by atoms with Crippen LogP contribution in [0.2, 0.25) is 5.02 Å². The van der Waals surface area contributed by atoms with E-state index in [1.807, 2.05) is 12.1 Å². The van der Waals surface area contributed by atoms with Crippen molar-refractivity contribution in [1.29, 1.82) is 0 Å². The molecular weight excluding hydrogens is 279 g/mol. The summed E-state index contributed by atoms with van der Waals surface area (Å²) in [5.41, 5.74) is 1.33. The number of rotatable bonds is 3. The van der Waals surface area contributed by atoms with Gasteiger partial charge in [0.1, 0.15) is 0 Å². The molecule has 0 unspecified atom stereocenters. The van der Waals surface area contributed by atoms with E-state index in [1.165, 1.54) is 18.7 Å². The molecule has 0 bridgehead atoms. The fourth-order valence-electron chi connectivity index (χ4n) is 1.91. The lowest BCUT2D eigenvalue weighted by molar-refractivity contribution is 0.244. The summed E-state index contributed by atoms with van der Waals surface area (Å²) in [4.78, 5) is 2.50. The Morgan fingerprint density at radius 3 is 2.53 bits per heavy atom. The van der Waals surface area contributed by atoms with E-state index in [-0.39, 0.29) is 24.8 Å². The molecule has 2 nitrogen and oxygen atoms in total. The van der Waals surface area contributed by atoms with Crippen LogP contribution in [-0.2, 0) is 6.42 Å². The van der Waals surface area contributed by atoms with E-state index < -0.39 is 0 Å². The lowest BCUT2D eigenvalue weighted by atomic mass is 10.1. The predicted octanol–water partition coefficient (Wildman–Crippen LogP) is 2.63. The van der Waals surface area contributed by atoms with E-state index in [2.05, 4.69) is 22.3 Å². The molecule has 2 rings (SSSR count). The highest BCUT2D eigenvalue weighted by Crippen LogP contribution is 2.11. The summed E-state index contributed by atoms with van der Waals surface area (Å²) < 4.78 is 0. The normalized spacial score (nSPS) is 15.8. The van der Waals surface area contributed by atoms with Crippen LogP contribution >= 0.6 is 36.4 Å². The Balaban J connectivity index is 0.00000128. The average molecular weight is 298 g/mol. The van der Waals surface area contributed by atoms with Gasteiger partial charge in [0.2, 0.25) is 0 Å². The first-order chi connectivity index (χ1) is 7.34. The summed E-state index contributed by atoms with van der Waals surface area (Å²) >= 11 is 5.94. The number of hydrogen-bond acceptors (Lipinski definition) is 2. The van der Waals surface area contributed by atoms with Gasteiger partial charge in [-0.25, -0.2) is 0 Å². The van der Waals surface area contributed by atoms with Gasteiger partial charge in [-0.1, -0.05) is 23.7 Å². The van der Waals surface area contributed by atoms with Gasteiger partial charge >= 0.3 is 0 Å². The topological polar surface area (TPSA) is 15.3 Å². The molecule has 1 heterocycles. The minimum atomic E-state index is 0. The second-order valence-electron chi connectivity index (χ2n) is 3.97. The van der Waals surface area contributed by atoms with Crippen molar-refractivity contribution in [3.63, 3.8) is 0 Å². The van der Waals surface area contributed by atoms with E-state index in [0.717, 1.165) is 31.1 Å². The van der Waals surface area contributed by atoms with Gasteiger partial charge in [0.15, 0.2) is 0 Å². The van der Waals surface area contributed by atoms with Crippen LogP contribution in [0.4, 0.5) is 0 Å². The molecular formula is C12H19Cl3N2. The van der Waals surface area contributed by atoms with Gasteiger partial charge in [0.25, 0.3) is 0 Å². The summed E-state index contributed by atoms with van der Waals surface area (Å²) in [5.74, 6) is 0. The van der Waals surface area contributed by atoms with Gasteiger partial charge in [0, 0.05) is 37.7 Å². The number of benzene rings is 1. The SMILES string of the molecule is Cl.Cl.Clc1cccc(CCN2CCNCC2)c1. The van der Waals surface area contributed by atoms with Crippen molar-refractivity contribution in [3.8, 4) is 0 Å². The fraction of sp³-hybridized carbons (Fsp3) is 0.500. The number of nitrogens with one attached hydrogen (secondary N) is 1. The lowest BCUT2D eigenvalue weighted by Gasteiger charge is -2.27. The highest BCUT2D eigenvalue weighted by Gasteiger charge is 2.08. The predicted molar refractivity (Wildman–Crippen MR) is 79.0 cm³/mol. The molecule has 1 fully saturated rings. The van der Waals surface area contributed by atoms with Gasteiger partial charge in [-0.3, -0.25) is 0 Å². The first-order valence-electron chi connectivity index (χ1n) is 5.52. The Kier molecular flexibility index (Phi) is 9.01.